The van der Waals surface area contributed by atoms with E-state index in [9.17, 15) is 0 Å². The average Bonchev–Trinajstić information content (AvgIpc) is 2.82. The molecule has 2 nitrogen and oxygen atoms in total. The fraction of sp³-hybridized carbons (Fsp3) is 0.765. The van der Waals surface area contributed by atoms with Gasteiger partial charge in [0, 0.05) is 19.6 Å². The Kier molecular flexibility index (Phi) is 8.47. The van der Waals surface area contributed by atoms with Crippen molar-refractivity contribution in [3.63, 3.8) is 0 Å². The first-order valence-electron chi connectivity index (χ1n) is 8.03. The van der Waals surface area contributed by atoms with Gasteiger partial charge in [0.15, 0.2) is 0 Å². The van der Waals surface area contributed by atoms with Gasteiger partial charge in [-0.1, -0.05) is 27.7 Å². The van der Waals surface area contributed by atoms with Crippen LogP contribution in [0.5, 0.6) is 0 Å². The van der Waals surface area contributed by atoms with Crippen LogP contribution >= 0.6 is 27.3 Å². The zero-order valence-corrected chi connectivity index (χ0v) is 16.6. The van der Waals surface area contributed by atoms with Gasteiger partial charge in [-0.2, -0.15) is 0 Å². The summed E-state index contributed by atoms with van der Waals surface area (Å²) in [7, 11) is 2.24. The standard InChI is InChI=1S/C17H31BrN2S/c1-6-17(7-2,12-19-9-14(3)4)13-20(5)10-15-8-16(18)21-11-15/h8,11,14,19H,6-7,9-10,12-13H2,1-5H3. The molecule has 1 aromatic heterocycles. The predicted octanol–water partition coefficient (Wildman–Crippen LogP) is 4.99. The zero-order valence-electron chi connectivity index (χ0n) is 14.2. The van der Waals surface area contributed by atoms with Crippen molar-refractivity contribution >= 4 is 27.3 Å². The van der Waals surface area contributed by atoms with E-state index in [0.717, 1.165) is 32.1 Å². The van der Waals surface area contributed by atoms with Gasteiger partial charge in [-0.05, 0) is 70.7 Å². The van der Waals surface area contributed by atoms with E-state index in [2.05, 4.69) is 72.3 Å². The van der Waals surface area contributed by atoms with Crippen molar-refractivity contribution in [1.82, 2.24) is 10.2 Å². The predicted molar refractivity (Wildman–Crippen MR) is 99.1 cm³/mol. The molecule has 0 atom stereocenters. The normalized spacial score (nSPS) is 12.6. The lowest BCUT2D eigenvalue weighted by Crippen LogP contribution is -2.43. The Balaban J connectivity index is 2.54. The SMILES string of the molecule is CCC(CC)(CNCC(C)C)CN(C)Cc1csc(Br)c1. The number of rotatable bonds is 10. The van der Waals surface area contributed by atoms with Gasteiger partial charge in [0.1, 0.15) is 0 Å². The summed E-state index contributed by atoms with van der Waals surface area (Å²) in [6.07, 6.45) is 2.46. The molecule has 4 heteroatoms. The highest BCUT2D eigenvalue weighted by Gasteiger charge is 2.27. The maximum Gasteiger partial charge on any atom is 0.0701 e. The Morgan fingerprint density at radius 2 is 2.00 bits per heavy atom. The molecule has 1 aromatic rings. The van der Waals surface area contributed by atoms with E-state index >= 15 is 0 Å². The molecular formula is C17H31BrN2S. The van der Waals surface area contributed by atoms with Crippen molar-refractivity contribution in [2.24, 2.45) is 11.3 Å². The number of thiophene rings is 1. The summed E-state index contributed by atoms with van der Waals surface area (Å²) >= 11 is 5.32. The van der Waals surface area contributed by atoms with E-state index in [1.165, 1.54) is 22.2 Å². The maximum absolute atomic E-state index is 3.67. The lowest BCUT2D eigenvalue weighted by Gasteiger charge is -2.36. The third-order valence-corrected chi connectivity index (χ3v) is 5.79. The highest BCUT2D eigenvalue weighted by Crippen LogP contribution is 2.28. The highest BCUT2D eigenvalue weighted by molar-refractivity contribution is 9.11. The van der Waals surface area contributed by atoms with Gasteiger partial charge < -0.3 is 10.2 Å². The van der Waals surface area contributed by atoms with E-state index in [1.54, 1.807) is 11.3 Å². The van der Waals surface area contributed by atoms with Crippen LogP contribution in [0.25, 0.3) is 0 Å². The highest BCUT2D eigenvalue weighted by atomic mass is 79.9. The summed E-state index contributed by atoms with van der Waals surface area (Å²) in [5.74, 6) is 0.720. The van der Waals surface area contributed by atoms with Crippen LogP contribution in [-0.2, 0) is 6.54 Å². The van der Waals surface area contributed by atoms with Crippen LogP contribution < -0.4 is 5.32 Å². The summed E-state index contributed by atoms with van der Waals surface area (Å²) in [5, 5.41) is 5.92. The molecule has 0 aliphatic rings. The number of nitrogens with one attached hydrogen (secondary N) is 1. The number of nitrogens with zero attached hydrogens (tertiary/aromatic N) is 1. The zero-order chi connectivity index (χ0) is 15.9. The van der Waals surface area contributed by atoms with Crippen molar-refractivity contribution in [2.75, 3.05) is 26.7 Å². The molecule has 1 N–H and O–H groups in total. The summed E-state index contributed by atoms with van der Waals surface area (Å²) in [6.45, 7) is 13.6. The summed E-state index contributed by atoms with van der Waals surface area (Å²) in [6, 6.07) is 2.23. The molecule has 1 rings (SSSR count). The first-order chi connectivity index (χ1) is 9.90. The molecular weight excluding hydrogens is 344 g/mol. The van der Waals surface area contributed by atoms with Gasteiger partial charge in [0.2, 0.25) is 0 Å². The first-order valence-corrected chi connectivity index (χ1v) is 9.70. The molecule has 0 radical (unpaired) electrons. The second-order valence-corrected chi connectivity index (χ2v) is 8.95. The van der Waals surface area contributed by atoms with Crippen molar-refractivity contribution in [2.45, 2.75) is 47.1 Å². The molecule has 0 saturated heterocycles. The minimum atomic E-state index is 0.386. The molecule has 0 bridgehead atoms. The van der Waals surface area contributed by atoms with E-state index < -0.39 is 0 Å². The smallest absolute Gasteiger partial charge is 0.0701 e. The minimum absolute atomic E-state index is 0.386. The lowest BCUT2D eigenvalue weighted by atomic mass is 9.81. The second kappa shape index (κ2) is 9.29. The van der Waals surface area contributed by atoms with Gasteiger partial charge in [0.25, 0.3) is 0 Å². The molecule has 0 saturated carbocycles. The minimum Gasteiger partial charge on any atom is -0.316 e. The Morgan fingerprint density at radius 1 is 1.33 bits per heavy atom. The number of hydrogen-bond acceptors (Lipinski definition) is 3. The van der Waals surface area contributed by atoms with Gasteiger partial charge in [-0.3, -0.25) is 0 Å². The van der Waals surface area contributed by atoms with Crippen molar-refractivity contribution in [1.29, 1.82) is 0 Å². The fourth-order valence-corrected chi connectivity index (χ4v) is 3.97. The van der Waals surface area contributed by atoms with Crippen LogP contribution in [0.3, 0.4) is 0 Å². The Labute approximate surface area is 143 Å². The van der Waals surface area contributed by atoms with Crippen LogP contribution in [0.4, 0.5) is 0 Å². The molecule has 122 valence electrons. The Hall–Kier alpha value is 0.100. The fourth-order valence-electron chi connectivity index (χ4n) is 2.77. The molecule has 0 fully saturated rings. The van der Waals surface area contributed by atoms with Crippen molar-refractivity contribution in [3.8, 4) is 0 Å². The van der Waals surface area contributed by atoms with E-state index in [-0.39, 0.29) is 0 Å². The van der Waals surface area contributed by atoms with Crippen molar-refractivity contribution in [3.05, 3.63) is 20.8 Å². The van der Waals surface area contributed by atoms with Crippen LogP contribution in [0.2, 0.25) is 0 Å². The third-order valence-electron chi connectivity index (χ3n) is 4.23. The second-order valence-electron chi connectivity index (χ2n) is 6.66. The van der Waals surface area contributed by atoms with E-state index in [4.69, 9.17) is 0 Å². The Morgan fingerprint density at radius 3 is 2.48 bits per heavy atom. The molecule has 0 aliphatic heterocycles. The van der Waals surface area contributed by atoms with E-state index in [1.807, 2.05) is 0 Å². The van der Waals surface area contributed by atoms with Crippen molar-refractivity contribution < 1.29 is 0 Å². The Bertz CT molecular complexity index is 399. The molecule has 21 heavy (non-hydrogen) atoms. The number of hydrogen-bond donors (Lipinski definition) is 1. The molecule has 0 aromatic carbocycles. The van der Waals surface area contributed by atoms with E-state index in [0.29, 0.717) is 5.41 Å². The van der Waals surface area contributed by atoms with Gasteiger partial charge in [-0.25, -0.2) is 0 Å². The third kappa shape index (κ3) is 6.81. The summed E-state index contributed by atoms with van der Waals surface area (Å²) in [5.41, 5.74) is 1.79. The molecule has 0 spiro atoms. The van der Waals surface area contributed by atoms with Crippen LogP contribution in [0, 0.1) is 11.3 Å². The largest absolute Gasteiger partial charge is 0.316 e. The first kappa shape index (κ1) is 19.1. The summed E-state index contributed by atoms with van der Waals surface area (Å²) in [4.78, 5) is 2.47. The number of halogens is 1. The van der Waals surface area contributed by atoms with Gasteiger partial charge in [-0.15, -0.1) is 11.3 Å². The summed E-state index contributed by atoms with van der Waals surface area (Å²) < 4.78 is 1.22. The average molecular weight is 375 g/mol. The quantitative estimate of drug-likeness (QED) is 0.619. The molecule has 1 heterocycles. The molecule has 0 unspecified atom stereocenters. The maximum atomic E-state index is 3.67. The van der Waals surface area contributed by atoms with Crippen LogP contribution in [0.15, 0.2) is 15.2 Å². The van der Waals surface area contributed by atoms with Gasteiger partial charge >= 0.3 is 0 Å². The van der Waals surface area contributed by atoms with Crippen LogP contribution in [0.1, 0.15) is 46.1 Å². The van der Waals surface area contributed by atoms with Crippen LogP contribution in [-0.4, -0.2) is 31.6 Å². The topological polar surface area (TPSA) is 15.3 Å². The lowest BCUT2D eigenvalue weighted by molar-refractivity contribution is 0.149. The molecule has 0 amide bonds. The van der Waals surface area contributed by atoms with Gasteiger partial charge in [0.05, 0.1) is 3.79 Å². The monoisotopic (exact) mass is 374 g/mol. The molecule has 0 aliphatic carbocycles.